The lowest BCUT2D eigenvalue weighted by atomic mass is 9.88. The van der Waals surface area contributed by atoms with Crippen molar-refractivity contribution in [3.05, 3.63) is 18.0 Å². The highest BCUT2D eigenvalue weighted by Gasteiger charge is 2.42. The molecule has 2 N–H and O–H groups in total. The molecule has 2 saturated heterocycles. The van der Waals surface area contributed by atoms with Crippen LogP contribution >= 0.6 is 0 Å². The van der Waals surface area contributed by atoms with Gasteiger partial charge in [-0.05, 0) is 47.0 Å². The molecule has 2 aromatic heterocycles. The molecule has 36 heavy (non-hydrogen) atoms. The Labute approximate surface area is 212 Å². The van der Waals surface area contributed by atoms with Crippen LogP contribution in [0.1, 0.15) is 46.1 Å². The number of anilines is 3. The number of nitrogens with two attached hydrogens (primary N) is 1. The third-order valence-electron chi connectivity index (χ3n) is 7.20. The minimum atomic E-state index is -0.499. The molecule has 0 aromatic carbocycles. The molecular weight excluding hydrogens is 460 g/mol. The summed E-state index contributed by atoms with van der Waals surface area (Å²) in [4.78, 5) is 37.5. The monoisotopic (exact) mass is 496 g/mol. The number of amides is 1. The third kappa shape index (κ3) is 4.88. The Kier molecular flexibility index (Phi) is 6.36. The van der Waals surface area contributed by atoms with Crippen molar-refractivity contribution in [2.45, 2.75) is 58.1 Å². The molecule has 1 amide bonds. The fourth-order valence-corrected chi connectivity index (χ4v) is 5.14. The SMILES string of the molecule is CC(C)(C)OC(=O)N1CCC(C)(N2CCc3c(-c4cnc(N)nc4)nc(N4CCOCC4)nc32)CC1. The van der Waals surface area contributed by atoms with Crippen molar-refractivity contribution in [2.24, 2.45) is 0 Å². The Hall–Kier alpha value is -3.21. The predicted octanol–water partition coefficient (Wildman–Crippen LogP) is 2.50. The first kappa shape index (κ1) is 24.5. The van der Waals surface area contributed by atoms with Crippen molar-refractivity contribution < 1.29 is 14.3 Å². The maximum absolute atomic E-state index is 12.6. The fraction of sp³-hybridized carbons (Fsp3) is 0.640. The summed E-state index contributed by atoms with van der Waals surface area (Å²) >= 11 is 0. The Morgan fingerprint density at radius 1 is 1.06 bits per heavy atom. The van der Waals surface area contributed by atoms with Crippen LogP contribution < -0.4 is 15.5 Å². The number of morpholine rings is 1. The lowest BCUT2D eigenvalue weighted by Gasteiger charge is -2.46. The van der Waals surface area contributed by atoms with Gasteiger partial charge in [0, 0.05) is 61.8 Å². The second-order valence-corrected chi connectivity index (χ2v) is 11.0. The number of hydrogen-bond donors (Lipinski definition) is 1. The molecule has 5 heterocycles. The van der Waals surface area contributed by atoms with E-state index in [0.29, 0.717) is 32.3 Å². The number of piperidine rings is 1. The fourth-order valence-electron chi connectivity index (χ4n) is 5.14. The van der Waals surface area contributed by atoms with Gasteiger partial charge >= 0.3 is 6.09 Å². The summed E-state index contributed by atoms with van der Waals surface area (Å²) in [6.07, 6.45) is 5.74. The molecule has 11 nitrogen and oxygen atoms in total. The van der Waals surface area contributed by atoms with Crippen molar-refractivity contribution >= 4 is 23.8 Å². The molecule has 0 bridgehead atoms. The maximum Gasteiger partial charge on any atom is 0.410 e. The van der Waals surface area contributed by atoms with Gasteiger partial charge in [0.25, 0.3) is 0 Å². The summed E-state index contributed by atoms with van der Waals surface area (Å²) in [7, 11) is 0. The molecular formula is C25H36N8O3. The predicted molar refractivity (Wildman–Crippen MR) is 137 cm³/mol. The average molecular weight is 497 g/mol. The van der Waals surface area contributed by atoms with Crippen LogP contribution in [0.25, 0.3) is 11.3 Å². The van der Waals surface area contributed by atoms with E-state index in [9.17, 15) is 4.79 Å². The van der Waals surface area contributed by atoms with Gasteiger partial charge in [-0.1, -0.05) is 0 Å². The molecule has 3 aliphatic rings. The number of hydrogen-bond acceptors (Lipinski definition) is 10. The highest BCUT2D eigenvalue weighted by Crippen LogP contribution is 2.42. The molecule has 0 aliphatic carbocycles. The van der Waals surface area contributed by atoms with Gasteiger partial charge < -0.3 is 29.9 Å². The molecule has 2 aromatic rings. The molecule has 0 radical (unpaired) electrons. The topological polar surface area (TPSA) is 123 Å². The number of ether oxygens (including phenoxy) is 2. The van der Waals surface area contributed by atoms with Crippen molar-refractivity contribution in [1.82, 2.24) is 24.8 Å². The first-order valence-corrected chi connectivity index (χ1v) is 12.7. The van der Waals surface area contributed by atoms with Crippen molar-refractivity contribution in [3.8, 4) is 11.3 Å². The van der Waals surface area contributed by atoms with Gasteiger partial charge in [-0.3, -0.25) is 0 Å². The second-order valence-electron chi connectivity index (χ2n) is 11.0. The summed E-state index contributed by atoms with van der Waals surface area (Å²) in [5, 5.41) is 0. The first-order chi connectivity index (χ1) is 17.1. The van der Waals surface area contributed by atoms with E-state index < -0.39 is 5.60 Å². The number of nitrogens with zero attached hydrogens (tertiary/aromatic N) is 7. The Bertz CT molecular complexity index is 1100. The van der Waals surface area contributed by atoms with Gasteiger partial charge in [0.15, 0.2) is 0 Å². The summed E-state index contributed by atoms with van der Waals surface area (Å²) in [5.41, 5.74) is 7.92. The van der Waals surface area contributed by atoms with E-state index in [1.807, 2.05) is 25.7 Å². The zero-order chi connectivity index (χ0) is 25.5. The normalized spacial score (nSPS) is 19.8. The highest BCUT2D eigenvalue weighted by atomic mass is 16.6. The van der Waals surface area contributed by atoms with Gasteiger partial charge in [0.05, 0.1) is 18.9 Å². The van der Waals surface area contributed by atoms with Gasteiger partial charge in [-0.2, -0.15) is 4.98 Å². The van der Waals surface area contributed by atoms with Gasteiger partial charge in [0.1, 0.15) is 11.4 Å². The van der Waals surface area contributed by atoms with Crippen LogP contribution in [0.5, 0.6) is 0 Å². The zero-order valence-corrected chi connectivity index (χ0v) is 21.7. The number of likely N-dealkylation sites (tertiary alicyclic amines) is 1. The van der Waals surface area contributed by atoms with Gasteiger partial charge in [-0.15, -0.1) is 0 Å². The quantitative estimate of drug-likeness (QED) is 0.678. The summed E-state index contributed by atoms with van der Waals surface area (Å²) < 4.78 is 11.1. The summed E-state index contributed by atoms with van der Waals surface area (Å²) in [6, 6.07) is 0. The van der Waals surface area contributed by atoms with Crippen molar-refractivity contribution in [3.63, 3.8) is 0 Å². The second kappa shape index (κ2) is 9.34. The Balaban J connectivity index is 1.44. The molecule has 0 saturated carbocycles. The van der Waals surface area contributed by atoms with Gasteiger partial charge in [0.2, 0.25) is 11.9 Å². The standard InChI is InChI=1S/C25H36N8O3/c1-24(2,3)36-23(34)32-9-6-25(4,7-10-32)33-8-5-18-19(17-15-27-21(26)28-16-17)29-22(30-20(18)33)31-11-13-35-14-12-31/h15-16H,5-14H2,1-4H3,(H2,26,27,28). The number of carbonyl (C=O) groups excluding carboxylic acids is 1. The van der Waals surface area contributed by atoms with E-state index in [2.05, 4.69) is 26.7 Å². The molecule has 5 rings (SSSR count). The lowest BCUT2D eigenvalue weighted by molar-refractivity contribution is 0.0173. The first-order valence-electron chi connectivity index (χ1n) is 12.7. The average Bonchev–Trinajstić information content (AvgIpc) is 3.29. The molecule has 0 spiro atoms. The number of nitrogen functional groups attached to an aromatic ring is 1. The number of aromatic nitrogens is 4. The Morgan fingerprint density at radius 3 is 2.36 bits per heavy atom. The van der Waals surface area contributed by atoms with E-state index >= 15 is 0 Å². The largest absolute Gasteiger partial charge is 0.444 e. The summed E-state index contributed by atoms with van der Waals surface area (Å²) in [5.74, 6) is 1.90. The molecule has 0 atom stereocenters. The van der Waals surface area contributed by atoms with Crippen LogP contribution in [0.15, 0.2) is 12.4 Å². The number of carbonyl (C=O) groups is 1. The van der Waals surface area contributed by atoms with Gasteiger partial charge in [-0.25, -0.2) is 19.7 Å². The van der Waals surface area contributed by atoms with Crippen LogP contribution in [-0.2, 0) is 15.9 Å². The van der Waals surface area contributed by atoms with Crippen LogP contribution in [0.3, 0.4) is 0 Å². The third-order valence-corrected chi connectivity index (χ3v) is 7.20. The lowest BCUT2D eigenvalue weighted by Crippen LogP contribution is -2.55. The molecule has 11 heteroatoms. The molecule has 2 fully saturated rings. The minimum absolute atomic E-state index is 0.130. The maximum atomic E-state index is 12.6. The van der Waals surface area contributed by atoms with E-state index in [1.165, 1.54) is 0 Å². The van der Waals surface area contributed by atoms with Crippen LogP contribution in [0, 0.1) is 0 Å². The van der Waals surface area contributed by atoms with Crippen molar-refractivity contribution in [1.29, 1.82) is 0 Å². The number of rotatable bonds is 3. The van der Waals surface area contributed by atoms with E-state index in [1.54, 1.807) is 12.4 Å². The van der Waals surface area contributed by atoms with E-state index in [-0.39, 0.29) is 17.6 Å². The molecule has 0 unspecified atom stereocenters. The van der Waals surface area contributed by atoms with Crippen LogP contribution in [0.2, 0.25) is 0 Å². The van der Waals surface area contributed by atoms with E-state index in [0.717, 1.165) is 61.5 Å². The minimum Gasteiger partial charge on any atom is -0.444 e. The van der Waals surface area contributed by atoms with E-state index in [4.69, 9.17) is 25.2 Å². The molecule has 194 valence electrons. The van der Waals surface area contributed by atoms with Crippen LogP contribution in [-0.4, -0.2) is 88.0 Å². The van der Waals surface area contributed by atoms with Crippen molar-refractivity contribution in [2.75, 3.05) is 61.5 Å². The number of fused-ring (bicyclic) bond motifs is 1. The Morgan fingerprint density at radius 2 is 1.72 bits per heavy atom. The highest BCUT2D eigenvalue weighted by molar-refractivity contribution is 5.73. The molecule has 3 aliphatic heterocycles. The zero-order valence-electron chi connectivity index (χ0n) is 21.7. The summed E-state index contributed by atoms with van der Waals surface area (Å²) in [6.45, 7) is 12.9. The smallest absolute Gasteiger partial charge is 0.410 e. The van der Waals surface area contributed by atoms with Crippen LogP contribution in [0.4, 0.5) is 22.5 Å².